The van der Waals surface area contributed by atoms with Crippen molar-refractivity contribution in [3.05, 3.63) is 28.2 Å². The molecule has 0 saturated carbocycles. The molecule has 1 rings (SSSR count). The highest BCUT2D eigenvalue weighted by atomic mass is 79.9. The fraction of sp³-hybridized carbons (Fsp3) is 0.571. The molecule has 0 amide bonds. The monoisotopic (exact) mass is 331 g/mol. The topological polar surface area (TPSA) is 32.3 Å². The number of hydrogen-bond acceptors (Lipinski definition) is 3. The molecule has 1 unspecified atom stereocenters. The van der Waals surface area contributed by atoms with Crippen LogP contribution in [0.4, 0.5) is 0 Å². The third-order valence-electron chi connectivity index (χ3n) is 2.57. The summed E-state index contributed by atoms with van der Waals surface area (Å²) in [6, 6.07) is 6.99. The molecule has 0 bridgehead atoms. The molecule has 18 heavy (non-hydrogen) atoms. The maximum atomic E-state index is 8.92. The zero-order chi connectivity index (χ0) is 13.5. The molecule has 0 radical (unpaired) electrons. The minimum Gasteiger partial charge on any atom is -0.396 e. The summed E-state index contributed by atoms with van der Waals surface area (Å²) in [4.78, 5) is 1.24. The molecule has 0 saturated heterocycles. The molecule has 1 aromatic rings. The lowest BCUT2D eigenvalue weighted by Crippen LogP contribution is -2.21. The first-order valence-corrected chi connectivity index (χ1v) is 7.99. The van der Waals surface area contributed by atoms with E-state index in [4.69, 9.17) is 5.11 Å². The number of aliphatic hydroxyl groups excluding tert-OH is 1. The molecule has 0 aliphatic heterocycles. The number of benzene rings is 1. The molecule has 102 valence electrons. The molecule has 0 aliphatic rings. The summed E-state index contributed by atoms with van der Waals surface area (Å²) < 4.78 is 1.14. The van der Waals surface area contributed by atoms with Gasteiger partial charge in [-0.2, -0.15) is 0 Å². The molecule has 1 atom stereocenters. The lowest BCUT2D eigenvalue weighted by Gasteiger charge is -2.13. The maximum absolute atomic E-state index is 8.92. The number of aliphatic hydroxyl groups is 1. The van der Waals surface area contributed by atoms with Gasteiger partial charge in [0.2, 0.25) is 0 Å². The number of thioether (sulfide) groups is 1. The summed E-state index contributed by atoms with van der Waals surface area (Å²) in [6.45, 7) is 7.59. The van der Waals surface area contributed by atoms with Crippen molar-refractivity contribution in [2.45, 2.75) is 49.9 Å². The summed E-state index contributed by atoms with van der Waals surface area (Å²) in [7, 11) is 0. The summed E-state index contributed by atoms with van der Waals surface area (Å²) in [6.07, 6.45) is 0.827. The highest BCUT2D eigenvalue weighted by Gasteiger charge is 2.08. The van der Waals surface area contributed by atoms with E-state index in [1.165, 1.54) is 10.5 Å². The average Bonchev–Trinajstić information content (AvgIpc) is 2.30. The van der Waals surface area contributed by atoms with Crippen molar-refractivity contribution < 1.29 is 5.11 Å². The van der Waals surface area contributed by atoms with Gasteiger partial charge in [0.25, 0.3) is 0 Å². The molecular weight excluding hydrogens is 310 g/mol. The molecule has 0 fully saturated rings. The highest BCUT2D eigenvalue weighted by molar-refractivity contribution is 9.10. The van der Waals surface area contributed by atoms with E-state index < -0.39 is 0 Å². The summed E-state index contributed by atoms with van der Waals surface area (Å²) >= 11 is 5.42. The van der Waals surface area contributed by atoms with Crippen LogP contribution in [0, 0.1) is 0 Å². The third-order valence-corrected chi connectivity index (χ3v) is 4.74. The van der Waals surface area contributed by atoms with Crippen molar-refractivity contribution in [3.63, 3.8) is 0 Å². The van der Waals surface area contributed by atoms with Crippen LogP contribution in [0.15, 0.2) is 27.6 Å². The maximum Gasteiger partial charge on any atom is 0.0441 e. The van der Waals surface area contributed by atoms with Gasteiger partial charge in [-0.15, -0.1) is 11.8 Å². The SMILES string of the molecule is CC(C)NCc1ccc(SC(C)CCO)c(Br)c1. The molecule has 1 aromatic carbocycles. The van der Waals surface area contributed by atoms with E-state index in [9.17, 15) is 0 Å². The van der Waals surface area contributed by atoms with Gasteiger partial charge in [-0.05, 0) is 40.0 Å². The first-order chi connectivity index (χ1) is 8.52. The molecule has 2 nitrogen and oxygen atoms in total. The van der Waals surface area contributed by atoms with Crippen LogP contribution in [0.2, 0.25) is 0 Å². The Hall–Kier alpha value is -0.0300. The van der Waals surface area contributed by atoms with E-state index in [1.807, 2.05) is 0 Å². The van der Waals surface area contributed by atoms with Crippen LogP contribution in [0.3, 0.4) is 0 Å². The van der Waals surface area contributed by atoms with Crippen LogP contribution in [0.1, 0.15) is 32.8 Å². The van der Waals surface area contributed by atoms with Crippen molar-refractivity contribution in [1.29, 1.82) is 0 Å². The Bertz CT molecular complexity index is 371. The Morgan fingerprint density at radius 2 is 2.06 bits per heavy atom. The molecule has 0 heterocycles. The standard InChI is InChI=1S/C14H22BrNOS/c1-10(2)16-9-12-4-5-14(13(15)8-12)18-11(3)6-7-17/h4-5,8,10-11,16-17H,6-7,9H2,1-3H3. The lowest BCUT2D eigenvalue weighted by molar-refractivity contribution is 0.289. The van der Waals surface area contributed by atoms with Crippen LogP contribution in [-0.2, 0) is 6.54 Å². The molecule has 4 heteroatoms. The van der Waals surface area contributed by atoms with Crippen LogP contribution in [0.5, 0.6) is 0 Å². The Morgan fingerprint density at radius 3 is 2.61 bits per heavy atom. The predicted octanol–water partition coefficient (Wildman–Crippen LogP) is 3.81. The van der Waals surface area contributed by atoms with Crippen LogP contribution < -0.4 is 5.32 Å². The van der Waals surface area contributed by atoms with Gasteiger partial charge in [-0.25, -0.2) is 0 Å². The van der Waals surface area contributed by atoms with Gasteiger partial charge in [-0.3, -0.25) is 0 Å². The fourth-order valence-corrected chi connectivity index (χ4v) is 3.21. The largest absolute Gasteiger partial charge is 0.396 e. The van der Waals surface area contributed by atoms with Crippen molar-refractivity contribution in [2.24, 2.45) is 0 Å². The van der Waals surface area contributed by atoms with Gasteiger partial charge >= 0.3 is 0 Å². The van der Waals surface area contributed by atoms with Crippen LogP contribution >= 0.6 is 27.7 Å². The van der Waals surface area contributed by atoms with E-state index in [2.05, 4.69) is 60.2 Å². The van der Waals surface area contributed by atoms with Gasteiger partial charge in [-0.1, -0.05) is 26.8 Å². The van der Waals surface area contributed by atoms with Crippen molar-refractivity contribution >= 4 is 27.7 Å². The quantitative estimate of drug-likeness (QED) is 0.745. The smallest absolute Gasteiger partial charge is 0.0441 e. The second kappa shape index (κ2) is 8.20. The van der Waals surface area contributed by atoms with E-state index in [1.54, 1.807) is 11.8 Å². The highest BCUT2D eigenvalue weighted by Crippen LogP contribution is 2.32. The van der Waals surface area contributed by atoms with E-state index in [0.717, 1.165) is 17.4 Å². The van der Waals surface area contributed by atoms with E-state index in [-0.39, 0.29) is 6.61 Å². The number of nitrogens with one attached hydrogen (secondary N) is 1. The normalized spacial score (nSPS) is 13.0. The number of hydrogen-bond donors (Lipinski definition) is 2. The number of halogens is 1. The zero-order valence-electron chi connectivity index (χ0n) is 11.2. The number of rotatable bonds is 7. The minimum absolute atomic E-state index is 0.252. The van der Waals surface area contributed by atoms with E-state index in [0.29, 0.717) is 11.3 Å². The Kier molecular flexibility index (Phi) is 7.30. The summed E-state index contributed by atoms with van der Waals surface area (Å²) in [5.74, 6) is 0. The summed E-state index contributed by atoms with van der Waals surface area (Å²) in [5.41, 5.74) is 1.29. The van der Waals surface area contributed by atoms with Gasteiger partial charge in [0, 0.05) is 33.8 Å². The molecule has 0 aromatic heterocycles. The predicted molar refractivity (Wildman–Crippen MR) is 83.1 cm³/mol. The summed E-state index contributed by atoms with van der Waals surface area (Å²) in [5, 5.41) is 12.8. The average molecular weight is 332 g/mol. The van der Waals surface area contributed by atoms with Gasteiger partial charge < -0.3 is 10.4 Å². The van der Waals surface area contributed by atoms with Crippen molar-refractivity contribution in [3.8, 4) is 0 Å². The zero-order valence-corrected chi connectivity index (χ0v) is 13.6. The molecule has 0 spiro atoms. The lowest BCUT2D eigenvalue weighted by atomic mass is 10.2. The second-order valence-corrected chi connectivity index (χ2v) is 7.08. The Labute approximate surface area is 123 Å². The fourth-order valence-electron chi connectivity index (χ4n) is 1.53. The molecular formula is C14H22BrNOS. The second-order valence-electron chi connectivity index (χ2n) is 4.74. The first-order valence-electron chi connectivity index (χ1n) is 6.32. The first kappa shape index (κ1) is 16.0. The van der Waals surface area contributed by atoms with E-state index >= 15 is 0 Å². The van der Waals surface area contributed by atoms with Gasteiger partial charge in [0.15, 0.2) is 0 Å². The van der Waals surface area contributed by atoms with Crippen LogP contribution in [0.25, 0.3) is 0 Å². The minimum atomic E-state index is 0.252. The van der Waals surface area contributed by atoms with Gasteiger partial charge in [0.05, 0.1) is 0 Å². The van der Waals surface area contributed by atoms with Gasteiger partial charge in [0.1, 0.15) is 0 Å². The Morgan fingerprint density at radius 1 is 1.33 bits per heavy atom. The molecule has 2 N–H and O–H groups in total. The third kappa shape index (κ3) is 5.74. The molecule has 0 aliphatic carbocycles. The van der Waals surface area contributed by atoms with Crippen molar-refractivity contribution in [2.75, 3.05) is 6.61 Å². The van der Waals surface area contributed by atoms with Crippen LogP contribution in [-0.4, -0.2) is 23.0 Å². The Balaban J connectivity index is 2.61. The van der Waals surface area contributed by atoms with Crippen molar-refractivity contribution in [1.82, 2.24) is 5.32 Å².